The van der Waals surface area contributed by atoms with E-state index in [0.29, 0.717) is 6.42 Å². The summed E-state index contributed by atoms with van der Waals surface area (Å²) in [6, 6.07) is 34.5. The Bertz CT molecular complexity index is 1580. The van der Waals surface area contributed by atoms with Crippen LogP contribution in [0.1, 0.15) is 69.0 Å². The molecule has 4 atom stereocenters. The lowest BCUT2D eigenvalue weighted by Gasteiger charge is -2.39. The quantitative estimate of drug-likeness (QED) is 0.0611. The van der Waals surface area contributed by atoms with Gasteiger partial charge in [0, 0.05) is 24.7 Å². The van der Waals surface area contributed by atoms with Gasteiger partial charge in [0.1, 0.15) is 29.3 Å². The zero-order chi connectivity index (χ0) is 35.5. The summed E-state index contributed by atoms with van der Waals surface area (Å²) in [5, 5.41) is 9.28. The van der Waals surface area contributed by atoms with Gasteiger partial charge in [0.2, 0.25) is 0 Å². The molecule has 264 valence electrons. The maximum absolute atomic E-state index is 9.28. The van der Waals surface area contributed by atoms with Crippen LogP contribution in [0.15, 0.2) is 103 Å². The Morgan fingerprint density at radius 1 is 0.840 bits per heavy atom. The van der Waals surface area contributed by atoms with Crippen LogP contribution in [0.4, 0.5) is 0 Å². The van der Waals surface area contributed by atoms with Gasteiger partial charge >= 0.3 is 0 Å². The van der Waals surface area contributed by atoms with E-state index in [2.05, 4.69) is 55.6 Å². The van der Waals surface area contributed by atoms with Crippen molar-refractivity contribution in [2.24, 2.45) is 0 Å². The van der Waals surface area contributed by atoms with Crippen molar-refractivity contribution in [1.29, 1.82) is 5.26 Å². The zero-order valence-corrected chi connectivity index (χ0v) is 30.7. The highest BCUT2D eigenvalue weighted by Gasteiger charge is 2.45. The molecule has 0 N–H and O–H groups in total. The van der Waals surface area contributed by atoms with Crippen molar-refractivity contribution in [3.8, 4) is 17.6 Å². The van der Waals surface area contributed by atoms with Crippen LogP contribution in [0.25, 0.3) is 0 Å². The molecular formula is C40H48N3O6P. The Morgan fingerprint density at radius 2 is 1.42 bits per heavy atom. The minimum Gasteiger partial charge on any atom is -0.497 e. The Labute approximate surface area is 298 Å². The number of nitrogens with zero attached hydrogens (tertiary/aromatic N) is 3. The second-order valence-electron chi connectivity index (χ2n) is 12.7. The summed E-state index contributed by atoms with van der Waals surface area (Å²) in [5.41, 5.74) is 2.63. The highest BCUT2D eigenvalue weighted by Crippen LogP contribution is 2.51. The first-order valence-corrected chi connectivity index (χ1v) is 18.2. The molecule has 1 aliphatic heterocycles. The second-order valence-corrected chi connectivity index (χ2v) is 14.1. The normalized spacial score (nSPS) is 18.4. The van der Waals surface area contributed by atoms with E-state index in [1.807, 2.05) is 84.9 Å². The molecule has 0 amide bonds. The van der Waals surface area contributed by atoms with Crippen molar-refractivity contribution in [1.82, 2.24) is 9.65 Å². The van der Waals surface area contributed by atoms with E-state index in [-0.39, 0.29) is 43.9 Å². The molecule has 9 nitrogen and oxygen atoms in total. The Hall–Kier alpha value is -3.87. The van der Waals surface area contributed by atoms with Gasteiger partial charge in [-0.2, -0.15) is 5.26 Å². The molecule has 0 saturated carbocycles. The van der Waals surface area contributed by atoms with Crippen LogP contribution in [0.2, 0.25) is 0 Å². The molecular weight excluding hydrogens is 649 g/mol. The second kappa shape index (κ2) is 17.9. The van der Waals surface area contributed by atoms with Crippen molar-refractivity contribution >= 4 is 8.53 Å². The fourth-order valence-corrected chi connectivity index (χ4v) is 8.18. The van der Waals surface area contributed by atoms with E-state index in [0.717, 1.165) is 33.9 Å². The summed E-state index contributed by atoms with van der Waals surface area (Å²) in [6.45, 7) is 9.01. The molecule has 1 aliphatic rings. The molecule has 3 aromatic carbocycles. The summed E-state index contributed by atoms with van der Waals surface area (Å²) in [5.74, 6) is 1.50. The van der Waals surface area contributed by atoms with Crippen LogP contribution in [-0.2, 0) is 24.1 Å². The molecule has 1 aromatic heterocycles. The Balaban J connectivity index is 1.56. The largest absolute Gasteiger partial charge is 0.497 e. The van der Waals surface area contributed by atoms with Crippen LogP contribution < -0.4 is 9.47 Å². The third-order valence-corrected chi connectivity index (χ3v) is 10.9. The number of methoxy groups -OCH3 is 2. The fourth-order valence-electron chi connectivity index (χ4n) is 6.42. The maximum Gasteiger partial charge on any atom is 0.259 e. The molecule has 1 unspecified atom stereocenters. The van der Waals surface area contributed by atoms with Crippen LogP contribution >= 0.6 is 8.53 Å². The van der Waals surface area contributed by atoms with Gasteiger partial charge in [-0.15, -0.1) is 0 Å². The van der Waals surface area contributed by atoms with Crippen molar-refractivity contribution < 1.29 is 28.0 Å². The maximum atomic E-state index is 9.28. The van der Waals surface area contributed by atoms with Gasteiger partial charge in [-0.3, -0.25) is 4.98 Å². The molecule has 1 fully saturated rings. The number of nitriles is 1. The van der Waals surface area contributed by atoms with Crippen LogP contribution in [0.3, 0.4) is 0 Å². The minimum absolute atomic E-state index is 0.155. The van der Waals surface area contributed by atoms with Crippen molar-refractivity contribution in [3.63, 3.8) is 0 Å². The third-order valence-electron chi connectivity index (χ3n) is 8.74. The molecule has 0 bridgehead atoms. The van der Waals surface area contributed by atoms with Gasteiger partial charge in [0.05, 0.1) is 51.7 Å². The Morgan fingerprint density at radius 3 is 1.94 bits per heavy atom. The number of hydrogen-bond acceptors (Lipinski definition) is 9. The molecule has 5 rings (SSSR count). The lowest BCUT2D eigenvalue weighted by atomic mass is 9.80. The first-order valence-electron chi connectivity index (χ1n) is 17.1. The van der Waals surface area contributed by atoms with Crippen molar-refractivity contribution in [2.75, 3.05) is 27.4 Å². The van der Waals surface area contributed by atoms with E-state index in [4.69, 9.17) is 28.0 Å². The van der Waals surface area contributed by atoms with Crippen LogP contribution in [-0.4, -0.2) is 61.4 Å². The number of aromatic nitrogens is 1. The van der Waals surface area contributed by atoms with Crippen LogP contribution in [0.5, 0.6) is 11.5 Å². The average molecular weight is 698 g/mol. The Kier molecular flexibility index (Phi) is 13.4. The molecule has 0 spiro atoms. The summed E-state index contributed by atoms with van der Waals surface area (Å²) >= 11 is 0. The van der Waals surface area contributed by atoms with Gasteiger partial charge in [0.15, 0.2) is 0 Å². The topological polar surface area (TPSA) is 95.3 Å². The van der Waals surface area contributed by atoms with Gasteiger partial charge < -0.3 is 28.0 Å². The van der Waals surface area contributed by atoms with Crippen LogP contribution in [0, 0.1) is 11.3 Å². The van der Waals surface area contributed by atoms with Gasteiger partial charge in [0.25, 0.3) is 8.53 Å². The molecule has 0 radical (unpaired) electrons. The summed E-state index contributed by atoms with van der Waals surface area (Å²) in [6.07, 6.45) is 1.48. The lowest BCUT2D eigenvalue weighted by molar-refractivity contribution is -0.0811. The average Bonchev–Trinajstić information content (AvgIpc) is 3.55. The molecule has 50 heavy (non-hydrogen) atoms. The van der Waals surface area contributed by atoms with Gasteiger partial charge in [-0.1, -0.05) is 60.7 Å². The van der Waals surface area contributed by atoms with E-state index in [9.17, 15) is 5.26 Å². The SMILES string of the molecule is COc1ccc(C(OC[C@H]2O[C@@H](c3ccccn3)C[C@@H]2OP(OCCC#N)N(C(C)C)C(C)C)(c2ccccc2)c2ccc(OC)cc2)cc1. The number of pyridine rings is 1. The van der Waals surface area contributed by atoms with E-state index in [1.165, 1.54) is 0 Å². The van der Waals surface area contributed by atoms with Gasteiger partial charge in [-0.05, 0) is 80.8 Å². The lowest BCUT2D eigenvalue weighted by Crippen LogP contribution is -2.39. The summed E-state index contributed by atoms with van der Waals surface area (Å²) < 4.78 is 40.6. The molecule has 0 aliphatic carbocycles. The minimum atomic E-state index is -1.52. The standard InChI is InChI=1S/C40H48N3O6P/c1-29(2)43(30(3)4)50(47-26-12-24-41)49-38-27-37(36-15-10-11-25-42-36)48-39(38)28-46-40(31-13-8-7-9-14-31,32-16-20-34(44-5)21-17-32)33-18-22-35(45-6)23-19-33/h7-11,13-23,25,29-30,37-39H,12,26-28H2,1-6H3/t37-,38+,39-,50?/m1/s1. The van der Waals surface area contributed by atoms with Crippen molar-refractivity contribution in [2.45, 2.75) is 76.5 Å². The number of ether oxygens (including phenoxy) is 4. The highest BCUT2D eigenvalue weighted by atomic mass is 31.2. The smallest absolute Gasteiger partial charge is 0.259 e. The first-order chi connectivity index (χ1) is 24.3. The van der Waals surface area contributed by atoms with Gasteiger partial charge in [-0.25, -0.2) is 4.67 Å². The predicted octanol–water partition coefficient (Wildman–Crippen LogP) is 8.60. The molecule has 1 saturated heterocycles. The number of rotatable bonds is 17. The third kappa shape index (κ3) is 8.70. The first kappa shape index (κ1) is 37.4. The molecule has 10 heteroatoms. The molecule has 2 heterocycles. The monoisotopic (exact) mass is 697 g/mol. The van der Waals surface area contributed by atoms with Crippen molar-refractivity contribution in [3.05, 3.63) is 126 Å². The summed E-state index contributed by atoms with van der Waals surface area (Å²) in [4.78, 5) is 4.63. The molecule has 4 aromatic rings. The van der Waals surface area contributed by atoms with E-state index >= 15 is 0 Å². The number of hydrogen-bond donors (Lipinski definition) is 0. The fraction of sp³-hybridized carbons (Fsp3) is 0.400. The van der Waals surface area contributed by atoms with E-state index < -0.39 is 20.2 Å². The predicted molar refractivity (Wildman–Crippen MR) is 195 cm³/mol. The van der Waals surface area contributed by atoms with E-state index in [1.54, 1.807) is 20.4 Å². The summed E-state index contributed by atoms with van der Waals surface area (Å²) in [7, 11) is 1.80. The number of benzene rings is 3. The zero-order valence-electron chi connectivity index (χ0n) is 29.8. The highest BCUT2D eigenvalue weighted by molar-refractivity contribution is 7.44.